The lowest BCUT2D eigenvalue weighted by Gasteiger charge is -2.37. The molecular weight excluding hydrogens is 110 g/mol. The molecule has 0 amide bonds. The molecule has 1 saturated carbocycles. The smallest absolute Gasteiger partial charge is 0.00949 e. The van der Waals surface area contributed by atoms with E-state index >= 15 is 0 Å². The molecule has 0 heterocycles. The van der Waals surface area contributed by atoms with Crippen molar-refractivity contribution in [2.45, 2.75) is 45.2 Å². The second-order valence-electron chi connectivity index (χ2n) is 3.34. The highest BCUT2D eigenvalue weighted by molar-refractivity contribution is 4.79. The van der Waals surface area contributed by atoms with E-state index in [1.807, 2.05) is 0 Å². The van der Waals surface area contributed by atoms with Gasteiger partial charge in [0.2, 0.25) is 0 Å². The van der Waals surface area contributed by atoms with E-state index in [4.69, 9.17) is 0 Å². The summed E-state index contributed by atoms with van der Waals surface area (Å²) in [5.74, 6) is 0. The highest BCUT2D eigenvalue weighted by Crippen LogP contribution is 2.24. The quantitative estimate of drug-likeness (QED) is 0.547. The topological polar surface area (TPSA) is 3.24 Å². The largest absolute Gasteiger partial charge is 0.301 e. The first-order chi connectivity index (χ1) is 4.22. The number of rotatable bonds is 2. The second kappa shape index (κ2) is 2.70. The van der Waals surface area contributed by atoms with Crippen LogP contribution in [0, 0.1) is 0 Å². The molecule has 1 aliphatic carbocycles. The maximum Gasteiger partial charge on any atom is 0.00949 e. The van der Waals surface area contributed by atoms with Crippen molar-refractivity contribution >= 4 is 0 Å². The van der Waals surface area contributed by atoms with Gasteiger partial charge in [-0.1, -0.05) is 6.42 Å². The Labute approximate surface area is 58.0 Å². The van der Waals surface area contributed by atoms with Gasteiger partial charge in [0.05, 0.1) is 0 Å². The summed E-state index contributed by atoms with van der Waals surface area (Å²) in [6.45, 7) is 4.52. The Bertz CT molecular complexity index is 84.6. The van der Waals surface area contributed by atoms with Gasteiger partial charge in [0, 0.05) is 12.1 Å². The van der Waals surface area contributed by atoms with Crippen LogP contribution >= 0.6 is 0 Å². The van der Waals surface area contributed by atoms with Crippen molar-refractivity contribution < 1.29 is 0 Å². The fourth-order valence-corrected chi connectivity index (χ4v) is 1.22. The summed E-state index contributed by atoms with van der Waals surface area (Å²) < 4.78 is 0. The molecule has 1 rings (SSSR count). The minimum atomic E-state index is 0.732. The highest BCUT2D eigenvalue weighted by Gasteiger charge is 2.22. The second-order valence-corrected chi connectivity index (χ2v) is 3.34. The van der Waals surface area contributed by atoms with Crippen LogP contribution in [0.4, 0.5) is 0 Å². The van der Waals surface area contributed by atoms with Gasteiger partial charge in [0.25, 0.3) is 0 Å². The zero-order valence-corrected chi connectivity index (χ0v) is 6.72. The predicted octanol–water partition coefficient (Wildman–Crippen LogP) is 1.88. The summed E-state index contributed by atoms with van der Waals surface area (Å²) in [4.78, 5) is 2.48. The molecule has 0 radical (unpaired) electrons. The van der Waals surface area contributed by atoms with Crippen LogP contribution in [0.5, 0.6) is 0 Å². The fourth-order valence-electron chi connectivity index (χ4n) is 1.22. The van der Waals surface area contributed by atoms with Crippen molar-refractivity contribution in [3.05, 3.63) is 0 Å². The van der Waals surface area contributed by atoms with E-state index in [2.05, 4.69) is 25.8 Å². The van der Waals surface area contributed by atoms with Crippen LogP contribution in [0.15, 0.2) is 0 Å². The molecule has 54 valence electrons. The lowest BCUT2D eigenvalue weighted by molar-refractivity contribution is 0.126. The predicted molar refractivity (Wildman–Crippen MR) is 40.5 cm³/mol. The molecule has 0 aromatic heterocycles. The molecule has 0 aromatic carbocycles. The highest BCUT2D eigenvalue weighted by atomic mass is 15.2. The minimum absolute atomic E-state index is 0.732. The van der Waals surface area contributed by atoms with Gasteiger partial charge in [-0.3, -0.25) is 0 Å². The molecular formula is C8H17N. The van der Waals surface area contributed by atoms with Gasteiger partial charge < -0.3 is 4.90 Å². The van der Waals surface area contributed by atoms with Crippen molar-refractivity contribution in [3.63, 3.8) is 0 Å². The molecule has 1 fully saturated rings. The lowest BCUT2D eigenvalue weighted by atomic mass is 9.91. The van der Waals surface area contributed by atoms with Crippen LogP contribution < -0.4 is 0 Å². The molecule has 0 bridgehead atoms. The molecule has 9 heavy (non-hydrogen) atoms. The molecule has 1 heteroatoms. The van der Waals surface area contributed by atoms with E-state index in [9.17, 15) is 0 Å². The van der Waals surface area contributed by atoms with Crippen LogP contribution in [0.3, 0.4) is 0 Å². The SMILES string of the molecule is CC(C)N(C)C1CCC1. The van der Waals surface area contributed by atoms with Crippen molar-refractivity contribution in [2.75, 3.05) is 7.05 Å². The maximum atomic E-state index is 2.48. The van der Waals surface area contributed by atoms with Crippen LogP contribution in [0.2, 0.25) is 0 Å². The van der Waals surface area contributed by atoms with Gasteiger partial charge in [0.1, 0.15) is 0 Å². The summed E-state index contributed by atoms with van der Waals surface area (Å²) in [6.07, 6.45) is 4.30. The summed E-state index contributed by atoms with van der Waals surface area (Å²) >= 11 is 0. The summed E-state index contributed by atoms with van der Waals surface area (Å²) in [7, 11) is 2.23. The molecule has 0 atom stereocenters. The van der Waals surface area contributed by atoms with E-state index in [0.717, 1.165) is 12.1 Å². The average Bonchev–Trinajstić information content (AvgIpc) is 1.60. The van der Waals surface area contributed by atoms with Crippen molar-refractivity contribution in [2.24, 2.45) is 0 Å². The summed E-state index contributed by atoms with van der Waals surface area (Å²) in [6, 6.07) is 1.64. The standard InChI is InChI=1S/C8H17N/c1-7(2)9(3)8-5-4-6-8/h7-8H,4-6H2,1-3H3. The first kappa shape index (κ1) is 7.07. The lowest BCUT2D eigenvalue weighted by Crippen LogP contribution is -2.41. The van der Waals surface area contributed by atoms with Crippen molar-refractivity contribution in [1.29, 1.82) is 0 Å². The Morgan fingerprint density at radius 2 is 1.89 bits per heavy atom. The Hall–Kier alpha value is -0.0400. The van der Waals surface area contributed by atoms with Crippen LogP contribution in [-0.4, -0.2) is 24.0 Å². The third-order valence-electron chi connectivity index (χ3n) is 2.47. The van der Waals surface area contributed by atoms with Crippen LogP contribution in [-0.2, 0) is 0 Å². The maximum absolute atomic E-state index is 2.48. The van der Waals surface area contributed by atoms with Crippen molar-refractivity contribution in [3.8, 4) is 0 Å². The number of hydrogen-bond acceptors (Lipinski definition) is 1. The normalized spacial score (nSPS) is 21.0. The first-order valence-electron chi connectivity index (χ1n) is 3.93. The molecule has 0 spiro atoms. The van der Waals surface area contributed by atoms with Gasteiger partial charge in [-0.15, -0.1) is 0 Å². The summed E-state index contributed by atoms with van der Waals surface area (Å²) in [5.41, 5.74) is 0. The van der Waals surface area contributed by atoms with Crippen molar-refractivity contribution in [1.82, 2.24) is 4.90 Å². The Kier molecular flexibility index (Phi) is 2.12. The molecule has 0 N–H and O–H groups in total. The van der Waals surface area contributed by atoms with E-state index < -0.39 is 0 Å². The van der Waals surface area contributed by atoms with Gasteiger partial charge in [-0.2, -0.15) is 0 Å². The monoisotopic (exact) mass is 127 g/mol. The van der Waals surface area contributed by atoms with Crippen LogP contribution in [0.1, 0.15) is 33.1 Å². The molecule has 0 saturated heterocycles. The Morgan fingerprint density at radius 1 is 1.33 bits per heavy atom. The summed E-state index contributed by atoms with van der Waals surface area (Å²) in [5, 5.41) is 0. The van der Waals surface area contributed by atoms with E-state index in [1.54, 1.807) is 0 Å². The zero-order chi connectivity index (χ0) is 6.85. The molecule has 1 nitrogen and oxygen atoms in total. The minimum Gasteiger partial charge on any atom is -0.301 e. The number of hydrogen-bond donors (Lipinski definition) is 0. The third kappa shape index (κ3) is 1.45. The van der Waals surface area contributed by atoms with Gasteiger partial charge >= 0.3 is 0 Å². The molecule has 1 aliphatic rings. The van der Waals surface area contributed by atoms with Crippen LogP contribution in [0.25, 0.3) is 0 Å². The van der Waals surface area contributed by atoms with Gasteiger partial charge in [-0.05, 0) is 33.7 Å². The van der Waals surface area contributed by atoms with Gasteiger partial charge in [-0.25, -0.2) is 0 Å². The third-order valence-corrected chi connectivity index (χ3v) is 2.47. The van der Waals surface area contributed by atoms with E-state index in [0.29, 0.717) is 0 Å². The zero-order valence-electron chi connectivity index (χ0n) is 6.72. The molecule has 0 aromatic rings. The molecule has 0 unspecified atom stereocenters. The average molecular weight is 127 g/mol. The van der Waals surface area contributed by atoms with Gasteiger partial charge in [0.15, 0.2) is 0 Å². The Balaban J connectivity index is 2.23. The Morgan fingerprint density at radius 3 is 2.00 bits per heavy atom. The number of nitrogens with zero attached hydrogens (tertiary/aromatic N) is 1. The fraction of sp³-hybridized carbons (Fsp3) is 1.00. The first-order valence-corrected chi connectivity index (χ1v) is 3.93. The van der Waals surface area contributed by atoms with E-state index in [-0.39, 0.29) is 0 Å². The molecule has 0 aliphatic heterocycles. The van der Waals surface area contributed by atoms with E-state index in [1.165, 1.54) is 19.3 Å².